The highest BCUT2D eigenvalue weighted by atomic mass is 32.2. The molecular formula is C8H13N3O2S. The van der Waals surface area contributed by atoms with Gasteiger partial charge < -0.3 is 0 Å². The highest BCUT2D eigenvalue weighted by Gasteiger charge is 2.28. The van der Waals surface area contributed by atoms with E-state index in [-0.39, 0.29) is 10.9 Å². The van der Waals surface area contributed by atoms with Crippen LogP contribution in [0.3, 0.4) is 0 Å². The van der Waals surface area contributed by atoms with Gasteiger partial charge in [-0.15, -0.1) is 0 Å². The lowest BCUT2D eigenvalue weighted by molar-refractivity contribution is 0.580. The second-order valence-electron chi connectivity index (χ2n) is 3.43. The molecule has 1 N–H and O–H groups in total. The molecule has 1 saturated carbocycles. The summed E-state index contributed by atoms with van der Waals surface area (Å²) >= 11 is 0. The minimum Gasteiger partial charge on any atom is -0.272 e. The lowest BCUT2D eigenvalue weighted by Gasteiger charge is -2.00. The van der Waals surface area contributed by atoms with E-state index in [4.69, 9.17) is 0 Å². The van der Waals surface area contributed by atoms with Crippen LogP contribution < -0.4 is 4.72 Å². The first-order valence-electron chi connectivity index (χ1n) is 4.66. The summed E-state index contributed by atoms with van der Waals surface area (Å²) in [6.07, 6.45) is 4.82. The number of sulfonamides is 1. The van der Waals surface area contributed by atoms with Crippen LogP contribution in [-0.2, 0) is 16.6 Å². The quantitative estimate of drug-likeness (QED) is 0.788. The summed E-state index contributed by atoms with van der Waals surface area (Å²) in [4.78, 5) is 0.256. The fraction of sp³-hybridized carbons (Fsp3) is 0.625. The predicted molar refractivity (Wildman–Crippen MR) is 51.2 cm³/mol. The topological polar surface area (TPSA) is 64.0 Å². The standard InChI is InChI=1S/C8H13N3O2S/c1-2-11-6-8(5-9-11)14(12,13)10-7-3-4-7/h5-7,10H,2-4H2,1H3. The number of aryl methyl sites for hydroxylation is 1. The number of rotatable bonds is 4. The average Bonchev–Trinajstić information content (AvgIpc) is 2.81. The number of hydrogen-bond donors (Lipinski definition) is 1. The van der Waals surface area contributed by atoms with Gasteiger partial charge in [0.1, 0.15) is 4.90 Å². The molecule has 0 saturated heterocycles. The Bertz CT molecular complexity index is 420. The third-order valence-electron chi connectivity index (χ3n) is 2.14. The fourth-order valence-electron chi connectivity index (χ4n) is 1.14. The number of aromatic nitrogens is 2. The fourth-order valence-corrected chi connectivity index (χ4v) is 2.40. The Morgan fingerprint density at radius 2 is 2.36 bits per heavy atom. The second-order valence-corrected chi connectivity index (χ2v) is 5.14. The van der Waals surface area contributed by atoms with E-state index in [1.165, 1.54) is 6.20 Å². The molecule has 1 aromatic rings. The van der Waals surface area contributed by atoms with Gasteiger partial charge in [0, 0.05) is 18.8 Å². The van der Waals surface area contributed by atoms with Crippen molar-refractivity contribution >= 4 is 10.0 Å². The van der Waals surface area contributed by atoms with E-state index >= 15 is 0 Å². The van der Waals surface area contributed by atoms with E-state index in [1.807, 2.05) is 6.92 Å². The van der Waals surface area contributed by atoms with Gasteiger partial charge in [0.15, 0.2) is 0 Å². The number of nitrogens with one attached hydrogen (secondary N) is 1. The van der Waals surface area contributed by atoms with Gasteiger partial charge in [0.25, 0.3) is 0 Å². The second kappa shape index (κ2) is 3.36. The third-order valence-corrected chi connectivity index (χ3v) is 3.62. The molecule has 78 valence electrons. The van der Waals surface area contributed by atoms with Gasteiger partial charge >= 0.3 is 0 Å². The molecule has 0 radical (unpaired) electrons. The van der Waals surface area contributed by atoms with Crippen LogP contribution in [0.25, 0.3) is 0 Å². The first kappa shape index (κ1) is 9.67. The Balaban J connectivity index is 2.19. The maximum Gasteiger partial charge on any atom is 0.243 e. The monoisotopic (exact) mass is 215 g/mol. The summed E-state index contributed by atoms with van der Waals surface area (Å²) in [5, 5.41) is 3.93. The van der Waals surface area contributed by atoms with Gasteiger partial charge in [-0.1, -0.05) is 0 Å². The van der Waals surface area contributed by atoms with Crippen molar-refractivity contribution in [3.63, 3.8) is 0 Å². The third kappa shape index (κ3) is 1.96. The summed E-state index contributed by atoms with van der Waals surface area (Å²) in [6, 6.07) is 0.143. The lowest BCUT2D eigenvalue weighted by Crippen LogP contribution is -2.25. The van der Waals surface area contributed by atoms with Gasteiger partial charge in [0.2, 0.25) is 10.0 Å². The Morgan fingerprint density at radius 1 is 1.64 bits per heavy atom. The molecule has 6 heteroatoms. The Hall–Kier alpha value is -0.880. The molecule has 0 atom stereocenters. The van der Waals surface area contributed by atoms with E-state index in [0.717, 1.165) is 12.8 Å². The van der Waals surface area contributed by atoms with E-state index in [0.29, 0.717) is 6.54 Å². The summed E-state index contributed by atoms with van der Waals surface area (Å²) in [7, 11) is -3.32. The highest BCUT2D eigenvalue weighted by molar-refractivity contribution is 7.89. The Kier molecular flexibility index (Phi) is 2.32. The van der Waals surface area contributed by atoms with Crippen LogP contribution in [0.15, 0.2) is 17.3 Å². The van der Waals surface area contributed by atoms with Crippen LogP contribution >= 0.6 is 0 Å². The molecule has 14 heavy (non-hydrogen) atoms. The molecule has 1 aliphatic carbocycles. The molecule has 1 aromatic heterocycles. The molecule has 0 spiro atoms. The van der Waals surface area contributed by atoms with Crippen LogP contribution in [0.5, 0.6) is 0 Å². The van der Waals surface area contributed by atoms with Gasteiger partial charge in [-0.25, -0.2) is 13.1 Å². The zero-order chi connectivity index (χ0) is 10.2. The SMILES string of the molecule is CCn1cc(S(=O)(=O)NC2CC2)cn1. The molecule has 0 aromatic carbocycles. The lowest BCUT2D eigenvalue weighted by atomic mass is 10.7. The number of nitrogens with zero attached hydrogens (tertiary/aromatic N) is 2. The maximum absolute atomic E-state index is 11.6. The van der Waals surface area contributed by atoms with Crippen LogP contribution in [0.2, 0.25) is 0 Å². The molecule has 2 rings (SSSR count). The van der Waals surface area contributed by atoms with Crippen molar-refractivity contribution in [3.8, 4) is 0 Å². The van der Waals surface area contributed by atoms with Gasteiger partial charge in [0.05, 0.1) is 6.20 Å². The van der Waals surface area contributed by atoms with Gasteiger partial charge in [-0.05, 0) is 19.8 Å². The normalized spacial score (nSPS) is 17.2. The van der Waals surface area contributed by atoms with E-state index in [1.54, 1.807) is 10.9 Å². The molecule has 0 amide bonds. The molecule has 0 bridgehead atoms. The molecule has 0 aliphatic heterocycles. The summed E-state index contributed by atoms with van der Waals surface area (Å²) in [5.74, 6) is 0. The Labute approximate surface area is 83.2 Å². The minimum atomic E-state index is -3.32. The average molecular weight is 215 g/mol. The van der Waals surface area contributed by atoms with Crippen molar-refractivity contribution in [1.82, 2.24) is 14.5 Å². The van der Waals surface area contributed by atoms with Crippen molar-refractivity contribution in [2.75, 3.05) is 0 Å². The largest absolute Gasteiger partial charge is 0.272 e. The molecule has 1 heterocycles. The maximum atomic E-state index is 11.6. The first-order chi connectivity index (χ1) is 6.62. The Morgan fingerprint density at radius 3 is 2.86 bits per heavy atom. The molecule has 1 aliphatic rings. The van der Waals surface area contributed by atoms with Crippen LogP contribution in [0.4, 0.5) is 0 Å². The zero-order valence-corrected chi connectivity index (χ0v) is 8.79. The van der Waals surface area contributed by atoms with Crippen molar-refractivity contribution in [2.45, 2.75) is 37.2 Å². The van der Waals surface area contributed by atoms with Crippen LogP contribution in [-0.4, -0.2) is 24.2 Å². The summed E-state index contributed by atoms with van der Waals surface area (Å²) in [5.41, 5.74) is 0. The van der Waals surface area contributed by atoms with E-state index < -0.39 is 10.0 Å². The summed E-state index contributed by atoms with van der Waals surface area (Å²) < 4.78 is 27.5. The number of hydrogen-bond acceptors (Lipinski definition) is 3. The molecular weight excluding hydrogens is 202 g/mol. The van der Waals surface area contributed by atoms with Gasteiger partial charge in [-0.3, -0.25) is 4.68 Å². The van der Waals surface area contributed by atoms with Crippen molar-refractivity contribution < 1.29 is 8.42 Å². The highest BCUT2D eigenvalue weighted by Crippen LogP contribution is 2.21. The summed E-state index contributed by atoms with van der Waals surface area (Å²) in [6.45, 7) is 2.59. The molecule has 5 nitrogen and oxygen atoms in total. The molecule has 0 unspecified atom stereocenters. The van der Waals surface area contributed by atoms with E-state index in [2.05, 4.69) is 9.82 Å². The van der Waals surface area contributed by atoms with Crippen molar-refractivity contribution in [3.05, 3.63) is 12.4 Å². The van der Waals surface area contributed by atoms with E-state index in [9.17, 15) is 8.42 Å². The van der Waals surface area contributed by atoms with Crippen LogP contribution in [0, 0.1) is 0 Å². The van der Waals surface area contributed by atoms with Crippen molar-refractivity contribution in [2.24, 2.45) is 0 Å². The first-order valence-corrected chi connectivity index (χ1v) is 6.15. The van der Waals surface area contributed by atoms with Gasteiger partial charge in [-0.2, -0.15) is 5.10 Å². The smallest absolute Gasteiger partial charge is 0.243 e. The predicted octanol–water partition coefficient (Wildman–Crippen LogP) is 0.344. The van der Waals surface area contributed by atoms with Crippen LogP contribution in [0.1, 0.15) is 19.8 Å². The zero-order valence-electron chi connectivity index (χ0n) is 7.97. The minimum absolute atomic E-state index is 0.143. The molecule has 1 fully saturated rings. The van der Waals surface area contributed by atoms with Crippen molar-refractivity contribution in [1.29, 1.82) is 0 Å².